The van der Waals surface area contributed by atoms with Gasteiger partial charge in [0.2, 0.25) is 11.6 Å². The molecular formula is C64H86BClF6N8O6Si2. The molecule has 0 N–H and O–H groups in total. The third kappa shape index (κ3) is 20.5. The van der Waals surface area contributed by atoms with E-state index in [2.05, 4.69) is 134 Å². The predicted octanol–water partition coefficient (Wildman–Crippen LogP) is 16.2. The zero-order valence-electron chi connectivity index (χ0n) is 53.0. The fraction of sp³-hybridized carbons (Fsp3) is 0.562. The highest BCUT2D eigenvalue weighted by molar-refractivity contribution is 6.76. The molecule has 0 spiro atoms. The quantitative estimate of drug-likeness (QED) is 0.0309. The number of alkyl halides is 6. The van der Waals surface area contributed by atoms with Crippen LogP contribution in [0.15, 0.2) is 85.2 Å². The summed E-state index contributed by atoms with van der Waals surface area (Å²) in [6, 6.07) is 25.2. The lowest BCUT2D eigenvalue weighted by molar-refractivity contribution is -0.151. The molecule has 1 saturated heterocycles. The minimum Gasteiger partial charge on any atom is -0.399 e. The maximum absolute atomic E-state index is 13.6. The van der Waals surface area contributed by atoms with Crippen molar-refractivity contribution in [2.45, 2.75) is 206 Å². The molecule has 88 heavy (non-hydrogen) atoms. The summed E-state index contributed by atoms with van der Waals surface area (Å²) < 4.78 is 105. The number of carbonyl (C=O) groups is 2. The van der Waals surface area contributed by atoms with Gasteiger partial charge in [-0.3, -0.25) is 4.98 Å². The predicted molar refractivity (Wildman–Crippen MR) is 337 cm³/mol. The van der Waals surface area contributed by atoms with Crippen LogP contribution < -0.4 is 5.46 Å². The molecule has 0 amide bonds. The van der Waals surface area contributed by atoms with Crippen molar-refractivity contribution >= 4 is 51.9 Å². The molecule has 0 unspecified atom stereocenters. The van der Waals surface area contributed by atoms with Gasteiger partial charge in [-0.2, -0.15) is 26.3 Å². The van der Waals surface area contributed by atoms with Crippen molar-refractivity contribution in [3.63, 3.8) is 0 Å². The second-order valence-corrected chi connectivity index (χ2v) is 38.8. The molecule has 2 aromatic carbocycles. The zero-order chi connectivity index (χ0) is 64.4. The smallest absolute Gasteiger partial charge is 0.399 e. The number of hydrogen-bond donors (Lipinski definition) is 0. The first kappa shape index (κ1) is 70.0. The first-order chi connectivity index (χ1) is 41.1. The molecule has 3 fully saturated rings. The van der Waals surface area contributed by atoms with Crippen molar-refractivity contribution in [2.75, 3.05) is 13.2 Å². The van der Waals surface area contributed by atoms with E-state index in [0.29, 0.717) is 60.2 Å². The third-order valence-corrected chi connectivity index (χ3v) is 20.4. The van der Waals surface area contributed by atoms with Crippen LogP contribution in [0.5, 0.6) is 0 Å². The van der Waals surface area contributed by atoms with E-state index < -0.39 is 40.1 Å². The van der Waals surface area contributed by atoms with Gasteiger partial charge in [0.25, 0.3) is 0 Å². The van der Waals surface area contributed by atoms with Crippen molar-refractivity contribution in [1.82, 2.24) is 39.5 Å². The highest BCUT2D eigenvalue weighted by Crippen LogP contribution is 2.41. The Morgan fingerprint density at radius 1 is 0.580 bits per heavy atom. The monoisotopic (exact) mass is 1280 g/mol. The third-order valence-electron chi connectivity index (χ3n) is 16.7. The van der Waals surface area contributed by atoms with Crippen LogP contribution in [0.3, 0.4) is 0 Å². The van der Waals surface area contributed by atoms with Gasteiger partial charge in [-0.1, -0.05) is 99.4 Å². The number of carbonyl (C=O) groups excluding carboxylic acids is 2. The molecular weight excluding hydrogens is 1190 g/mol. The van der Waals surface area contributed by atoms with Crippen molar-refractivity contribution in [3.8, 4) is 34.0 Å². The molecule has 6 aromatic rings. The Morgan fingerprint density at radius 2 is 0.966 bits per heavy atom. The minimum atomic E-state index is -4.64. The lowest BCUT2D eigenvalue weighted by Gasteiger charge is -2.32. The number of aromatic nitrogens is 8. The Labute approximate surface area is 521 Å². The van der Waals surface area contributed by atoms with Gasteiger partial charge in [-0.15, -0.1) is 10.2 Å². The average Bonchev–Trinajstić information content (AvgIpc) is 1.87. The molecule has 5 heterocycles. The molecule has 9 rings (SSSR count). The molecule has 24 heteroatoms. The van der Waals surface area contributed by atoms with E-state index >= 15 is 0 Å². The highest BCUT2D eigenvalue weighted by Gasteiger charge is 2.52. The van der Waals surface area contributed by atoms with E-state index in [-0.39, 0.29) is 54.4 Å². The number of rotatable bonds is 20. The van der Waals surface area contributed by atoms with Crippen molar-refractivity contribution in [1.29, 1.82) is 0 Å². The van der Waals surface area contributed by atoms with E-state index in [4.69, 9.17) is 30.4 Å². The van der Waals surface area contributed by atoms with E-state index in [0.717, 1.165) is 70.3 Å². The maximum Gasteiger partial charge on any atom is 0.494 e. The summed E-state index contributed by atoms with van der Waals surface area (Å²) in [6.45, 7) is 24.9. The largest absolute Gasteiger partial charge is 0.494 e. The van der Waals surface area contributed by atoms with Crippen molar-refractivity contribution < 1.29 is 54.7 Å². The second-order valence-electron chi connectivity index (χ2n) is 27.1. The average molecular weight is 1280 g/mol. The van der Waals surface area contributed by atoms with Gasteiger partial charge in [0, 0.05) is 71.3 Å². The summed E-state index contributed by atoms with van der Waals surface area (Å²) in [5.74, 6) is 0.543. The number of ether oxygens (including phenoxy) is 2. The van der Waals surface area contributed by atoms with Gasteiger partial charge in [-0.25, -0.2) is 24.3 Å². The van der Waals surface area contributed by atoms with Gasteiger partial charge >= 0.3 is 19.5 Å². The molecule has 4 aromatic heterocycles. The Balaban J connectivity index is 0.000000197. The summed E-state index contributed by atoms with van der Waals surface area (Å²) in [4.78, 5) is 38.4. The first-order valence-corrected chi connectivity index (χ1v) is 38.2. The molecule has 0 radical (unpaired) electrons. The molecule has 478 valence electrons. The molecule has 14 nitrogen and oxygen atoms in total. The van der Waals surface area contributed by atoms with Crippen molar-refractivity contribution in [2.24, 2.45) is 11.8 Å². The van der Waals surface area contributed by atoms with Crippen LogP contribution in [0.2, 0.25) is 56.5 Å². The summed E-state index contributed by atoms with van der Waals surface area (Å²) in [5, 5.41) is 8.22. The molecule has 0 atom stereocenters. The van der Waals surface area contributed by atoms with Crippen LogP contribution in [0, 0.1) is 11.8 Å². The molecule has 1 aliphatic heterocycles. The van der Waals surface area contributed by atoms with Crippen LogP contribution in [-0.4, -0.2) is 98.7 Å². The van der Waals surface area contributed by atoms with E-state index in [1.165, 1.54) is 61.3 Å². The number of ketones is 2. The number of nitrogens with zero attached hydrogens (tertiary/aromatic N) is 8. The summed E-state index contributed by atoms with van der Waals surface area (Å²) in [6.07, 6.45) is 4.08. The maximum atomic E-state index is 13.6. The second kappa shape index (κ2) is 29.7. The fourth-order valence-electron chi connectivity index (χ4n) is 10.8. The Morgan fingerprint density at radius 3 is 1.32 bits per heavy atom. The van der Waals surface area contributed by atoms with Crippen LogP contribution in [0.1, 0.15) is 140 Å². The zero-order valence-corrected chi connectivity index (χ0v) is 55.7. The van der Waals surface area contributed by atoms with E-state index in [1.807, 2.05) is 12.1 Å². The number of pyridine rings is 2. The number of Topliss-reactive ketones (excluding diaryl/α,β-unsaturated/α-hetero) is 2. The molecule has 0 bridgehead atoms. The first-order valence-electron chi connectivity index (χ1n) is 30.5. The standard InChI is InChI=1S/C29H37F3N4O2Si.C21H31BO3.C14H18ClF3N4OSi/c1-20(37)17-21-5-7-22(8-6-21)23-9-11-24(12-10-23)26-14-13-25(18-33-26)27-34-28(29(30,31)32)36(35-27)19-38-15-16-39(2,3)4;1-15(23)14-16-6-8-17(9-7-16)18-10-12-19(13-11-18)22-24-20(2,3)21(4,5)25-22;1-24(2,3)7-6-23-9-22-13(14(16,17)18)20-12(21-22)10-4-5-11(15)19-8-10/h9-14,18,21-22H,5-8,15-17,19H2,1-4H3;10-13,16-17H,6-9,14H2,1-5H3;4-5,8H,6-7,9H2,1-3H3. The Bertz CT molecular complexity index is 3190. The lowest BCUT2D eigenvalue weighted by Crippen LogP contribution is -2.41. The summed E-state index contributed by atoms with van der Waals surface area (Å²) in [7, 11) is -2.96. The van der Waals surface area contributed by atoms with Crippen LogP contribution in [0.25, 0.3) is 34.0 Å². The summed E-state index contributed by atoms with van der Waals surface area (Å²) in [5.41, 5.74) is 5.60. The fourth-order valence-corrected chi connectivity index (χ4v) is 12.5. The van der Waals surface area contributed by atoms with Crippen LogP contribution >= 0.6 is 11.6 Å². The number of halogens is 7. The van der Waals surface area contributed by atoms with Gasteiger partial charge < -0.3 is 28.4 Å². The topological polar surface area (TPSA) is 158 Å². The van der Waals surface area contributed by atoms with Crippen LogP contribution in [-0.2, 0) is 54.2 Å². The molecule has 3 aliphatic rings. The van der Waals surface area contributed by atoms with Gasteiger partial charge in [0.15, 0.2) is 11.6 Å². The van der Waals surface area contributed by atoms with E-state index in [1.54, 1.807) is 26.0 Å². The SMILES string of the molecule is CC(=O)CC1CCC(c2ccc(-c3ccc(-c4nc(C(F)(F)F)n(COCC[Si](C)(C)C)n4)cn3)cc2)CC1.CC(=O)CC1CCC(c2ccc(B3OC(C)(C)C(C)(C)O3)cc2)CC1.C[Si](C)(C)CCOCn1nc(-c2ccc(Cl)nc2)nc1C(F)(F)F. The van der Waals surface area contributed by atoms with Gasteiger partial charge in [0.05, 0.1) is 16.9 Å². The van der Waals surface area contributed by atoms with E-state index in [9.17, 15) is 35.9 Å². The highest BCUT2D eigenvalue weighted by atomic mass is 35.5. The Kier molecular flexibility index (Phi) is 23.6. The van der Waals surface area contributed by atoms with Gasteiger partial charge in [0.1, 0.15) is 30.2 Å². The number of benzene rings is 2. The number of hydrogen-bond acceptors (Lipinski definition) is 12. The molecule has 2 aliphatic carbocycles. The van der Waals surface area contributed by atoms with Crippen LogP contribution in [0.4, 0.5) is 26.3 Å². The summed E-state index contributed by atoms with van der Waals surface area (Å²) >= 11 is 5.68. The van der Waals surface area contributed by atoms with Crippen molar-refractivity contribution in [3.05, 3.63) is 113 Å². The molecule has 2 saturated carbocycles. The lowest BCUT2D eigenvalue weighted by atomic mass is 9.75. The minimum absolute atomic E-state index is 0.0362. The van der Waals surface area contributed by atoms with Gasteiger partial charge in [-0.05, 0) is 170 Å². The Hall–Kier alpha value is -5.43. The normalized spacial score (nSPS) is 19.6.